The van der Waals surface area contributed by atoms with Crippen LogP contribution in [0.4, 0.5) is 0 Å². The molecule has 1 fully saturated rings. The molecule has 0 amide bonds. The number of hydrogen-bond acceptors (Lipinski definition) is 2. The third-order valence-electron chi connectivity index (χ3n) is 3.12. The number of nitro groups is 1. The fraction of sp³-hybridized carbons (Fsp3) is 0.636. The van der Waals surface area contributed by atoms with Gasteiger partial charge in [-0.3, -0.25) is 10.1 Å². The van der Waals surface area contributed by atoms with Crippen LogP contribution in [-0.2, 0) is 0 Å². The predicted octanol–water partition coefficient (Wildman–Crippen LogP) is 2.57. The summed E-state index contributed by atoms with van der Waals surface area (Å²) in [4.78, 5) is 10.2. The van der Waals surface area contributed by atoms with Gasteiger partial charge in [-0.25, -0.2) is 0 Å². The zero-order chi connectivity index (χ0) is 10.1. The largest absolute Gasteiger partial charge is 0.264 e. The molecule has 0 heterocycles. The van der Waals surface area contributed by atoms with Crippen LogP contribution in [0.25, 0.3) is 0 Å². The molecule has 0 aliphatic heterocycles. The molecular formula is C11H15NO2. The highest BCUT2D eigenvalue weighted by atomic mass is 16.6. The maximum atomic E-state index is 10.4. The molecule has 2 bridgehead atoms. The Balaban J connectivity index is 2.08. The minimum atomic E-state index is -0.221. The summed E-state index contributed by atoms with van der Waals surface area (Å²) in [6.45, 7) is 4.06. The molecule has 0 aromatic heterocycles. The van der Waals surface area contributed by atoms with E-state index in [-0.39, 0.29) is 11.5 Å². The van der Waals surface area contributed by atoms with E-state index in [4.69, 9.17) is 0 Å². The van der Waals surface area contributed by atoms with Gasteiger partial charge >= 0.3 is 0 Å². The van der Waals surface area contributed by atoms with E-state index in [1.165, 1.54) is 12.0 Å². The van der Waals surface area contributed by atoms with Gasteiger partial charge in [-0.1, -0.05) is 18.2 Å². The monoisotopic (exact) mass is 193 g/mol. The smallest absolute Gasteiger partial charge is 0.224 e. The molecule has 3 heteroatoms. The highest BCUT2D eigenvalue weighted by molar-refractivity contribution is 5.17. The van der Waals surface area contributed by atoms with Crippen molar-refractivity contribution in [1.82, 2.24) is 0 Å². The molecule has 14 heavy (non-hydrogen) atoms. The standard InChI is InChI=1S/C11H15NO2/c1-8-2-9-4-10(3-8)6-11(5-9)7-12(13)14/h5,9-10H,1-4,6-7H2/t9-,10+/m0/s1. The topological polar surface area (TPSA) is 43.1 Å². The summed E-state index contributed by atoms with van der Waals surface area (Å²) in [6.07, 6.45) is 6.35. The van der Waals surface area contributed by atoms with Gasteiger partial charge in [-0.2, -0.15) is 0 Å². The average molecular weight is 193 g/mol. The van der Waals surface area contributed by atoms with Gasteiger partial charge in [-0.15, -0.1) is 0 Å². The van der Waals surface area contributed by atoms with Crippen LogP contribution in [0.3, 0.4) is 0 Å². The number of hydrogen-bond donors (Lipinski definition) is 0. The first kappa shape index (κ1) is 9.44. The molecule has 0 aromatic carbocycles. The van der Waals surface area contributed by atoms with Crippen LogP contribution in [0.15, 0.2) is 23.8 Å². The van der Waals surface area contributed by atoms with E-state index < -0.39 is 0 Å². The molecule has 2 aliphatic carbocycles. The van der Waals surface area contributed by atoms with E-state index in [0.717, 1.165) is 24.8 Å². The Morgan fingerprint density at radius 3 is 2.93 bits per heavy atom. The number of nitrogens with zero attached hydrogens (tertiary/aromatic N) is 1. The lowest BCUT2D eigenvalue weighted by Crippen LogP contribution is -2.23. The third-order valence-corrected chi connectivity index (χ3v) is 3.12. The summed E-state index contributed by atoms with van der Waals surface area (Å²) in [5.41, 5.74) is 2.35. The fourth-order valence-electron chi connectivity index (χ4n) is 2.79. The fourth-order valence-corrected chi connectivity index (χ4v) is 2.79. The summed E-state index contributed by atoms with van der Waals surface area (Å²) < 4.78 is 0. The van der Waals surface area contributed by atoms with Crippen molar-refractivity contribution in [3.63, 3.8) is 0 Å². The molecule has 0 unspecified atom stereocenters. The third kappa shape index (κ3) is 2.03. The van der Waals surface area contributed by atoms with Crippen molar-refractivity contribution in [2.75, 3.05) is 6.54 Å². The first-order chi connectivity index (χ1) is 6.63. The van der Waals surface area contributed by atoms with Gasteiger partial charge in [0.25, 0.3) is 0 Å². The minimum Gasteiger partial charge on any atom is -0.264 e. The van der Waals surface area contributed by atoms with Crippen molar-refractivity contribution in [2.45, 2.75) is 25.7 Å². The van der Waals surface area contributed by atoms with Gasteiger partial charge in [0.15, 0.2) is 0 Å². The zero-order valence-corrected chi connectivity index (χ0v) is 8.24. The molecule has 2 atom stereocenters. The molecule has 0 radical (unpaired) electrons. The summed E-state index contributed by atoms with van der Waals surface area (Å²) in [5.74, 6) is 1.16. The second kappa shape index (κ2) is 3.56. The molecule has 0 spiro atoms. The Bertz CT molecular complexity index is 306. The van der Waals surface area contributed by atoms with E-state index in [9.17, 15) is 10.1 Å². The lowest BCUT2D eigenvalue weighted by atomic mass is 9.72. The predicted molar refractivity (Wildman–Crippen MR) is 54.5 cm³/mol. The van der Waals surface area contributed by atoms with Crippen LogP contribution in [0.5, 0.6) is 0 Å². The number of fused-ring (bicyclic) bond motifs is 2. The Kier molecular flexibility index (Phi) is 2.40. The second-order valence-corrected chi connectivity index (χ2v) is 4.54. The lowest BCUT2D eigenvalue weighted by Gasteiger charge is -2.33. The van der Waals surface area contributed by atoms with Gasteiger partial charge in [0.1, 0.15) is 0 Å². The number of rotatable bonds is 2. The molecule has 0 aromatic rings. The van der Waals surface area contributed by atoms with Crippen LogP contribution in [0.1, 0.15) is 25.7 Å². The normalized spacial score (nSPS) is 31.1. The van der Waals surface area contributed by atoms with Crippen molar-refractivity contribution >= 4 is 0 Å². The van der Waals surface area contributed by atoms with Crippen LogP contribution < -0.4 is 0 Å². The Morgan fingerprint density at radius 1 is 1.50 bits per heavy atom. The number of allylic oxidation sites excluding steroid dienone is 2. The van der Waals surface area contributed by atoms with Crippen molar-refractivity contribution in [3.8, 4) is 0 Å². The van der Waals surface area contributed by atoms with E-state index in [2.05, 4.69) is 12.7 Å². The van der Waals surface area contributed by atoms with Gasteiger partial charge < -0.3 is 0 Å². The van der Waals surface area contributed by atoms with Crippen molar-refractivity contribution in [3.05, 3.63) is 33.9 Å². The molecule has 2 aliphatic rings. The SMILES string of the molecule is C=C1C[C@@H]2C=C(C[N+](=O)[O-])C[C@H](C1)C2. The minimum absolute atomic E-state index is 0.0411. The Labute approximate surface area is 83.7 Å². The summed E-state index contributed by atoms with van der Waals surface area (Å²) in [6, 6.07) is 0. The van der Waals surface area contributed by atoms with Crippen LogP contribution >= 0.6 is 0 Å². The van der Waals surface area contributed by atoms with E-state index >= 15 is 0 Å². The van der Waals surface area contributed by atoms with Crippen molar-refractivity contribution in [2.24, 2.45) is 11.8 Å². The highest BCUT2D eigenvalue weighted by Gasteiger charge is 2.29. The van der Waals surface area contributed by atoms with E-state index in [1.807, 2.05) is 0 Å². The maximum absolute atomic E-state index is 10.4. The molecule has 0 saturated heterocycles. The van der Waals surface area contributed by atoms with Gasteiger partial charge in [-0.05, 0) is 43.1 Å². The van der Waals surface area contributed by atoms with E-state index in [0.29, 0.717) is 11.8 Å². The summed E-state index contributed by atoms with van der Waals surface area (Å²) >= 11 is 0. The van der Waals surface area contributed by atoms with Crippen LogP contribution in [0, 0.1) is 22.0 Å². The molecule has 76 valence electrons. The summed E-state index contributed by atoms with van der Waals surface area (Å²) in [5, 5.41) is 10.4. The maximum Gasteiger partial charge on any atom is 0.224 e. The highest BCUT2D eigenvalue weighted by Crippen LogP contribution is 2.40. The molecule has 2 rings (SSSR count). The van der Waals surface area contributed by atoms with Gasteiger partial charge in [0.05, 0.1) is 0 Å². The lowest BCUT2D eigenvalue weighted by molar-refractivity contribution is -0.471. The zero-order valence-electron chi connectivity index (χ0n) is 8.24. The van der Waals surface area contributed by atoms with E-state index in [1.54, 1.807) is 0 Å². The molecular weight excluding hydrogens is 178 g/mol. The van der Waals surface area contributed by atoms with Crippen LogP contribution in [-0.4, -0.2) is 11.5 Å². The quantitative estimate of drug-likeness (QED) is 0.384. The molecule has 1 saturated carbocycles. The summed E-state index contributed by atoms with van der Waals surface area (Å²) in [7, 11) is 0. The Hall–Kier alpha value is -1.12. The average Bonchev–Trinajstić information content (AvgIpc) is 1.99. The molecule has 0 N–H and O–H groups in total. The van der Waals surface area contributed by atoms with Crippen molar-refractivity contribution in [1.29, 1.82) is 0 Å². The first-order valence-corrected chi connectivity index (χ1v) is 5.11. The second-order valence-electron chi connectivity index (χ2n) is 4.54. The Morgan fingerprint density at radius 2 is 2.29 bits per heavy atom. The van der Waals surface area contributed by atoms with Gasteiger partial charge in [0, 0.05) is 4.92 Å². The van der Waals surface area contributed by atoms with Gasteiger partial charge in [0.2, 0.25) is 6.54 Å². The first-order valence-electron chi connectivity index (χ1n) is 5.11. The van der Waals surface area contributed by atoms with Crippen LogP contribution in [0.2, 0.25) is 0 Å². The van der Waals surface area contributed by atoms with Crippen molar-refractivity contribution < 1.29 is 4.92 Å². The molecule has 3 nitrogen and oxygen atoms in total.